The highest BCUT2D eigenvalue weighted by atomic mass is 127. The highest BCUT2D eigenvalue weighted by Gasteiger charge is 2.08. The zero-order chi connectivity index (χ0) is 12.3. The summed E-state index contributed by atoms with van der Waals surface area (Å²) in [6.07, 6.45) is 0.150. The molecule has 2 aromatic carbocycles. The molecule has 2 aromatic rings. The number of nitrogen functional groups attached to an aromatic ring is 1. The Labute approximate surface area is 115 Å². The number of hydrogen-bond donors (Lipinski definition) is 2. The van der Waals surface area contributed by atoms with Gasteiger partial charge in [-0.15, -0.1) is 0 Å². The summed E-state index contributed by atoms with van der Waals surface area (Å²) < 4.78 is 1.20. The highest BCUT2D eigenvalue weighted by molar-refractivity contribution is 14.1. The van der Waals surface area contributed by atoms with Crippen LogP contribution in [0.2, 0.25) is 0 Å². The first kappa shape index (κ1) is 12.4. The second-order valence-corrected chi connectivity index (χ2v) is 5.26. The Balaban J connectivity index is 2.08. The molecule has 1 atom stereocenters. The molecule has 0 saturated heterocycles. The van der Waals surface area contributed by atoms with E-state index in [2.05, 4.69) is 22.6 Å². The maximum Gasteiger partial charge on any atom is 0.0830 e. The van der Waals surface area contributed by atoms with Gasteiger partial charge in [0.05, 0.1) is 6.10 Å². The Kier molecular flexibility index (Phi) is 4.02. The summed E-state index contributed by atoms with van der Waals surface area (Å²) in [6.45, 7) is 0. The second kappa shape index (κ2) is 5.51. The molecule has 0 amide bonds. The van der Waals surface area contributed by atoms with Crippen molar-refractivity contribution >= 4 is 28.3 Å². The van der Waals surface area contributed by atoms with E-state index in [0.717, 1.165) is 16.8 Å². The van der Waals surface area contributed by atoms with Crippen molar-refractivity contribution in [3.63, 3.8) is 0 Å². The van der Waals surface area contributed by atoms with E-state index in [0.29, 0.717) is 6.42 Å². The van der Waals surface area contributed by atoms with E-state index in [4.69, 9.17) is 5.73 Å². The Bertz CT molecular complexity index is 479. The maximum absolute atomic E-state index is 10.1. The van der Waals surface area contributed by atoms with Gasteiger partial charge >= 0.3 is 0 Å². The molecule has 17 heavy (non-hydrogen) atoms. The van der Waals surface area contributed by atoms with Gasteiger partial charge in [-0.2, -0.15) is 0 Å². The Morgan fingerprint density at radius 1 is 1.00 bits per heavy atom. The lowest BCUT2D eigenvalue weighted by Crippen LogP contribution is -2.02. The molecule has 0 radical (unpaired) electrons. The second-order valence-electron chi connectivity index (χ2n) is 4.01. The zero-order valence-corrected chi connectivity index (χ0v) is 11.5. The molecular formula is C14H14INO. The third kappa shape index (κ3) is 3.44. The Hall–Kier alpha value is -1.07. The van der Waals surface area contributed by atoms with E-state index in [1.807, 2.05) is 48.5 Å². The van der Waals surface area contributed by atoms with Crippen molar-refractivity contribution in [2.45, 2.75) is 12.5 Å². The van der Waals surface area contributed by atoms with Gasteiger partial charge in [-0.3, -0.25) is 0 Å². The lowest BCUT2D eigenvalue weighted by molar-refractivity contribution is 0.178. The number of nitrogens with two attached hydrogens (primary N) is 1. The largest absolute Gasteiger partial charge is 0.399 e. The van der Waals surface area contributed by atoms with Gasteiger partial charge in [-0.1, -0.05) is 24.3 Å². The molecule has 0 spiro atoms. The third-order valence-electron chi connectivity index (χ3n) is 2.66. The average Bonchev–Trinajstić information content (AvgIpc) is 2.33. The van der Waals surface area contributed by atoms with Crippen molar-refractivity contribution in [3.05, 3.63) is 63.2 Å². The minimum Gasteiger partial charge on any atom is -0.399 e. The number of anilines is 1. The van der Waals surface area contributed by atoms with Crippen molar-refractivity contribution in [2.24, 2.45) is 0 Å². The molecular weight excluding hydrogens is 325 g/mol. The Morgan fingerprint density at radius 2 is 1.59 bits per heavy atom. The van der Waals surface area contributed by atoms with Gasteiger partial charge in [-0.05, 0) is 58.0 Å². The van der Waals surface area contributed by atoms with Crippen molar-refractivity contribution in [2.75, 3.05) is 5.73 Å². The lowest BCUT2D eigenvalue weighted by atomic mass is 10.0. The molecule has 2 rings (SSSR count). The summed E-state index contributed by atoms with van der Waals surface area (Å²) in [7, 11) is 0. The molecule has 3 heteroatoms. The van der Waals surface area contributed by atoms with Crippen molar-refractivity contribution in [1.82, 2.24) is 0 Å². The van der Waals surface area contributed by atoms with Crippen LogP contribution in [-0.2, 0) is 6.42 Å². The van der Waals surface area contributed by atoms with E-state index in [9.17, 15) is 5.11 Å². The molecule has 2 nitrogen and oxygen atoms in total. The SMILES string of the molecule is Nc1ccc(C(O)Cc2ccc(I)cc2)cc1. The van der Waals surface area contributed by atoms with Gasteiger partial charge < -0.3 is 10.8 Å². The van der Waals surface area contributed by atoms with Gasteiger partial charge in [0.1, 0.15) is 0 Å². The molecule has 1 unspecified atom stereocenters. The average molecular weight is 339 g/mol. The first-order chi connectivity index (χ1) is 8.15. The van der Waals surface area contributed by atoms with E-state index in [1.54, 1.807) is 0 Å². The molecule has 0 bridgehead atoms. The molecule has 3 N–H and O–H groups in total. The van der Waals surface area contributed by atoms with Gasteiger partial charge in [0, 0.05) is 15.7 Å². The van der Waals surface area contributed by atoms with Crippen LogP contribution in [0.1, 0.15) is 17.2 Å². The quantitative estimate of drug-likeness (QED) is 0.667. The predicted octanol–water partition coefficient (Wildman–Crippen LogP) is 3.15. The fraction of sp³-hybridized carbons (Fsp3) is 0.143. The molecule has 0 heterocycles. The van der Waals surface area contributed by atoms with E-state index < -0.39 is 6.10 Å². The molecule has 88 valence electrons. The third-order valence-corrected chi connectivity index (χ3v) is 3.38. The zero-order valence-electron chi connectivity index (χ0n) is 9.31. The molecule has 0 aliphatic rings. The normalized spacial score (nSPS) is 12.4. The molecule has 0 aliphatic carbocycles. The van der Waals surface area contributed by atoms with Gasteiger partial charge in [0.25, 0.3) is 0 Å². The first-order valence-corrected chi connectivity index (χ1v) is 6.51. The number of aliphatic hydroxyl groups is 1. The maximum atomic E-state index is 10.1. The van der Waals surface area contributed by atoms with Crippen molar-refractivity contribution < 1.29 is 5.11 Å². The van der Waals surface area contributed by atoms with E-state index in [1.165, 1.54) is 3.57 Å². The predicted molar refractivity (Wildman–Crippen MR) is 78.7 cm³/mol. The number of benzene rings is 2. The number of halogens is 1. The standard InChI is InChI=1S/C14H14INO/c15-12-5-1-10(2-6-12)9-14(17)11-3-7-13(16)8-4-11/h1-8,14,17H,9,16H2. The fourth-order valence-corrected chi connectivity index (χ4v) is 2.04. The van der Waals surface area contributed by atoms with Gasteiger partial charge in [-0.25, -0.2) is 0 Å². The fourth-order valence-electron chi connectivity index (χ4n) is 1.68. The van der Waals surface area contributed by atoms with Crippen LogP contribution in [0.25, 0.3) is 0 Å². The molecule has 0 aromatic heterocycles. The van der Waals surface area contributed by atoms with Crippen molar-refractivity contribution in [1.29, 1.82) is 0 Å². The molecule has 0 fully saturated rings. The lowest BCUT2D eigenvalue weighted by Gasteiger charge is -2.11. The molecule has 0 aliphatic heterocycles. The van der Waals surface area contributed by atoms with Crippen LogP contribution in [0.5, 0.6) is 0 Å². The number of aliphatic hydroxyl groups excluding tert-OH is 1. The van der Waals surface area contributed by atoms with Gasteiger partial charge in [0.2, 0.25) is 0 Å². The minimum atomic E-state index is -0.476. The van der Waals surface area contributed by atoms with Crippen LogP contribution >= 0.6 is 22.6 Å². The van der Waals surface area contributed by atoms with Crippen LogP contribution in [0.15, 0.2) is 48.5 Å². The minimum absolute atomic E-state index is 0.476. The van der Waals surface area contributed by atoms with Crippen molar-refractivity contribution in [3.8, 4) is 0 Å². The summed E-state index contributed by atoms with van der Waals surface area (Å²) in [5.41, 5.74) is 8.37. The van der Waals surface area contributed by atoms with E-state index >= 15 is 0 Å². The summed E-state index contributed by atoms with van der Waals surface area (Å²) in [5, 5.41) is 10.1. The highest BCUT2D eigenvalue weighted by Crippen LogP contribution is 2.19. The Morgan fingerprint density at radius 3 is 2.18 bits per heavy atom. The monoisotopic (exact) mass is 339 g/mol. The van der Waals surface area contributed by atoms with Crippen LogP contribution in [0.4, 0.5) is 5.69 Å². The summed E-state index contributed by atoms with van der Waals surface area (Å²) >= 11 is 2.27. The van der Waals surface area contributed by atoms with E-state index in [-0.39, 0.29) is 0 Å². The first-order valence-electron chi connectivity index (χ1n) is 5.43. The summed E-state index contributed by atoms with van der Waals surface area (Å²) in [5.74, 6) is 0. The topological polar surface area (TPSA) is 46.2 Å². The van der Waals surface area contributed by atoms with Crippen LogP contribution in [0.3, 0.4) is 0 Å². The smallest absolute Gasteiger partial charge is 0.0830 e. The van der Waals surface area contributed by atoms with Gasteiger partial charge in [0.15, 0.2) is 0 Å². The van der Waals surface area contributed by atoms with Crippen LogP contribution in [-0.4, -0.2) is 5.11 Å². The summed E-state index contributed by atoms with van der Waals surface area (Å²) in [6, 6.07) is 15.5. The molecule has 0 saturated carbocycles. The van der Waals surface area contributed by atoms with Crippen LogP contribution in [0, 0.1) is 3.57 Å². The number of rotatable bonds is 3. The number of hydrogen-bond acceptors (Lipinski definition) is 2. The summed E-state index contributed by atoms with van der Waals surface area (Å²) in [4.78, 5) is 0. The van der Waals surface area contributed by atoms with Crippen LogP contribution < -0.4 is 5.73 Å².